The third-order valence-corrected chi connectivity index (χ3v) is 3.10. The summed E-state index contributed by atoms with van der Waals surface area (Å²) in [5.74, 6) is 1.28. The molecular formula is C14H23NO5. The summed E-state index contributed by atoms with van der Waals surface area (Å²) in [7, 11) is 1.57. The highest BCUT2D eigenvalue weighted by Crippen LogP contribution is 2.28. The molecule has 0 radical (unpaired) electrons. The second-order valence-electron chi connectivity index (χ2n) is 4.53. The van der Waals surface area contributed by atoms with E-state index in [-0.39, 0.29) is 19.8 Å². The Morgan fingerprint density at radius 2 is 1.75 bits per heavy atom. The van der Waals surface area contributed by atoms with Gasteiger partial charge in [-0.05, 0) is 24.6 Å². The molecule has 114 valence electrons. The molecule has 0 aromatic heterocycles. The molecule has 4 N–H and O–H groups in total. The highest BCUT2D eigenvalue weighted by molar-refractivity contribution is 5.43. The summed E-state index contributed by atoms with van der Waals surface area (Å²) in [6, 6.07) is 5.47. The summed E-state index contributed by atoms with van der Waals surface area (Å²) in [6.45, 7) is 1.74. The zero-order chi connectivity index (χ0) is 15.0. The van der Waals surface area contributed by atoms with E-state index >= 15 is 0 Å². The number of rotatable bonds is 9. The average Bonchev–Trinajstić information content (AvgIpc) is 2.50. The van der Waals surface area contributed by atoms with E-state index in [2.05, 4.69) is 5.32 Å². The minimum absolute atomic E-state index is 0.353. The predicted octanol–water partition coefficient (Wildman–Crippen LogP) is -0.101. The molecule has 0 fully saturated rings. The van der Waals surface area contributed by atoms with Crippen LogP contribution in [0.1, 0.15) is 12.5 Å². The van der Waals surface area contributed by atoms with Crippen molar-refractivity contribution in [2.45, 2.75) is 19.0 Å². The molecular weight excluding hydrogens is 262 g/mol. The Kier molecular flexibility index (Phi) is 6.74. The fraction of sp³-hybridized carbons (Fsp3) is 0.571. The van der Waals surface area contributed by atoms with Gasteiger partial charge in [0, 0.05) is 6.54 Å². The molecule has 0 heterocycles. The molecule has 1 aromatic carbocycles. The number of ether oxygens (including phenoxy) is 2. The normalized spacial score (nSPS) is 11.4. The SMILES string of the molecule is CCOc1cc(CNC(CO)(CO)CO)ccc1OC. The van der Waals surface area contributed by atoms with Crippen molar-refractivity contribution in [2.75, 3.05) is 33.5 Å². The molecule has 0 bridgehead atoms. The molecule has 0 aliphatic rings. The van der Waals surface area contributed by atoms with Crippen molar-refractivity contribution >= 4 is 0 Å². The third kappa shape index (κ3) is 4.08. The Hall–Kier alpha value is -1.34. The van der Waals surface area contributed by atoms with Gasteiger partial charge in [0.1, 0.15) is 0 Å². The zero-order valence-electron chi connectivity index (χ0n) is 11.9. The molecule has 0 saturated heterocycles. The summed E-state index contributed by atoms with van der Waals surface area (Å²) >= 11 is 0. The maximum Gasteiger partial charge on any atom is 0.161 e. The van der Waals surface area contributed by atoms with E-state index in [1.807, 2.05) is 19.1 Å². The monoisotopic (exact) mass is 285 g/mol. The van der Waals surface area contributed by atoms with Gasteiger partial charge in [0.25, 0.3) is 0 Å². The van der Waals surface area contributed by atoms with E-state index in [0.717, 1.165) is 5.56 Å². The quantitative estimate of drug-likeness (QED) is 0.506. The number of hydrogen-bond acceptors (Lipinski definition) is 6. The number of methoxy groups -OCH3 is 1. The molecule has 0 amide bonds. The first-order valence-electron chi connectivity index (χ1n) is 6.52. The van der Waals surface area contributed by atoms with Gasteiger partial charge >= 0.3 is 0 Å². The second-order valence-corrected chi connectivity index (χ2v) is 4.53. The van der Waals surface area contributed by atoms with Gasteiger partial charge < -0.3 is 30.1 Å². The van der Waals surface area contributed by atoms with E-state index < -0.39 is 5.54 Å². The Morgan fingerprint density at radius 1 is 1.10 bits per heavy atom. The van der Waals surface area contributed by atoms with Crippen LogP contribution in [-0.2, 0) is 6.54 Å². The molecule has 0 unspecified atom stereocenters. The van der Waals surface area contributed by atoms with Gasteiger partial charge in [-0.1, -0.05) is 6.07 Å². The van der Waals surface area contributed by atoms with E-state index in [9.17, 15) is 15.3 Å². The molecule has 0 aliphatic heterocycles. The van der Waals surface area contributed by atoms with E-state index in [1.54, 1.807) is 13.2 Å². The predicted molar refractivity (Wildman–Crippen MR) is 75.0 cm³/mol. The van der Waals surface area contributed by atoms with Crippen LogP contribution in [0.3, 0.4) is 0 Å². The lowest BCUT2D eigenvalue weighted by Crippen LogP contribution is -2.54. The first kappa shape index (κ1) is 16.7. The van der Waals surface area contributed by atoms with E-state index in [1.165, 1.54) is 0 Å². The van der Waals surface area contributed by atoms with Gasteiger partial charge in [0.15, 0.2) is 11.5 Å². The van der Waals surface area contributed by atoms with Crippen molar-refractivity contribution in [3.8, 4) is 11.5 Å². The number of benzene rings is 1. The highest BCUT2D eigenvalue weighted by Gasteiger charge is 2.27. The molecule has 0 aliphatic carbocycles. The Morgan fingerprint density at radius 3 is 2.25 bits per heavy atom. The largest absolute Gasteiger partial charge is 0.493 e. The van der Waals surface area contributed by atoms with Gasteiger partial charge in [-0.2, -0.15) is 0 Å². The minimum Gasteiger partial charge on any atom is -0.493 e. The van der Waals surface area contributed by atoms with Crippen molar-refractivity contribution in [3.05, 3.63) is 23.8 Å². The summed E-state index contributed by atoms with van der Waals surface area (Å²) in [6.07, 6.45) is 0. The zero-order valence-corrected chi connectivity index (χ0v) is 11.9. The van der Waals surface area contributed by atoms with Crippen molar-refractivity contribution in [2.24, 2.45) is 0 Å². The Labute approximate surface area is 119 Å². The maximum atomic E-state index is 9.25. The molecule has 0 atom stereocenters. The maximum absolute atomic E-state index is 9.25. The van der Waals surface area contributed by atoms with Crippen LogP contribution in [0, 0.1) is 0 Å². The van der Waals surface area contributed by atoms with Crippen LogP contribution >= 0.6 is 0 Å². The third-order valence-electron chi connectivity index (χ3n) is 3.10. The standard InChI is InChI=1S/C14H23NO5/c1-3-20-13-6-11(4-5-12(13)19-2)7-15-14(8-16,9-17)10-18/h4-6,15-18H,3,7-10H2,1-2H3. The molecule has 20 heavy (non-hydrogen) atoms. The second kappa shape index (κ2) is 8.06. The molecule has 1 aromatic rings. The van der Waals surface area contributed by atoms with Gasteiger partial charge in [-0.3, -0.25) is 0 Å². The lowest BCUT2D eigenvalue weighted by atomic mass is 10.0. The highest BCUT2D eigenvalue weighted by atomic mass is 16.5. The van der Waals surface area contributed by atoms with Crippen LogP contribution in [0.15, 0.2) is 18.2 Å². The summed E-state index contributed by atoms with van der Waals surface area (Å²) in [5, 5.41) is 30.7. The van der Waals surface area contributed by atoms with E-state index in [0.29, 0.717) is 24.7 Å². The van der Waals surface area contributed by atoms with Crippen molar-refractivity contribution in [1.29, 1.82) is 0 Å². The number of hydrogen-bond donors (Lipinski definition) is 4. The molecule has 0 saturated carbocycles. The Balaban J connectivity index is 2.80. The fourth-order valence-electron chi connectivity index (χ4n) is 1.71. The summed E-state index contributed by atoms with van der Waals surface area (Å²) in [4.78, 5) is 0. The van der Waals surface area contributed by atoms with Gasteiger partial charge in [-0.25, -0.2) is 0 Å². The molecule has 0 spiro atoms. The van der Waals surface area contributed by atoms with Crippen LogP contribution in [0.5, 0.6) is 11.5 Å². The minimum atomic E-state index is -1.09. The summed E-state index contributed by atoms with van der Waals surface area (Å²) < 4.78 is 10.7. The van der Waals surface area contributed by atoms with Gasteiger partial charge in [0.2, 0.25) is 0 Å². The van der Waals surface area contributed by atoms with Crippen LogP contribution < -0.4 is 14.8 Å². The first-order chi connectivity index (χ1) is 9.64. The molecule has 6 nitrogen and oxygen atoms in total. The van der Waals surface area contributed by atoms with Crippen LogP contribution in [0.4, 0.5) is 0 Å². The molecule has 6 heteroatoms. The number of nitrogens with one attached hydrogen (secondary N) is 1. The van der Waals surface area contributed by atoms with Gasteiger partial charge in [-0.15, -0.1) is 0 Å². The van der Waals surface area contributed by atoms with Crippen molar-refractivity contribution in [1.82, 2.24) is 5.32 Å². The van der Waals surface area contributed by atoms with Crippen molar-refractivity contribution in [3.63, 3.8) is 0 Å². The first-order valence-corrected chi connectivity index (χ1v) is 6.52. The van der Waals surface area contributed by atoms with Crippen LogP contribution in [-0.4, -0.2) is 54.4 Å². The summed E-state index contributed by atoms with van der Waals surface area (Å²) in [5.41, 5.74) is -0.194. The topological polar surface area (TPSA) is 91.2 Å². The fourth-order valence-corrected chi connectivity index (χ4v) is 1.71. The van der Waals surface area contributed by atoms with Crippen LogP contribution in [0.2, 0.25) is 0 Å². The van der Waals surface area contributed by atoms with Crippen molar-refractivity contribution < 1.29 is 24.8 Å². The average molecular weight is 285 g/mol. The van der Waals surface area contributed by atoms with Crippen LogP contribution in [0.25, 0.3) is 0 Å². The number of aliphatic hydroxyl groups excluding tert-OH is 3. The number of aliphatic hydroxyl groups is 3. The lowest BCUT2D eigenvalue weighted by Gasteiger charge is -2.29. The van der Waals surface area contributed by atoms with E-state index in [4.69, 9.17) is 9.47 Å². The molecule has 1 rings (SSSR count). The Bertz CT molecular complexity index is 398. The smallest absolute Gasteiger partial charge is 0.161 e. The lowest BCUT2D eigenvalue weighted by molar-refractivity contribution is 0.0413. The van der Waals surface area contributed by atoms with Gasteiger partial charge in [0.05, 0.1) is 39.1 Å².